The number of benzene rings is 3. The van der Waals surface area contributed by atoms with Gasteiger partial charge in [0.2, 0.25) is 0 Å². The highest BCUT2D eigenvalue weighted by atomic mass is 16.2. The van der Waals surface area contributed by atoms with Crippen molar-refractivity contribution >= 4 is 16.8 Å². The lowest BCUT2D eigenvalue weighted by atomic mass is 9.96. The summed E-state index contributed by atoms with van der Waals surface area (Å²) in [6, 6.07) is 27.6. The quantitative estimate of drug-likeness (QED) is 0.556. The van der Waals surface area contributed by atoms with Gasteiger partial charge in [-0.15, -0.1) is 0 Å². The molecule has 0 aliphatic carbocycles. The van der Waals surface area contributed by atoms with E-state index in [1.807, 2.05) is 78.8 Å². The molecule has 0 saturated heterocycles. The second-order valence-electron chi connectivity index (χ2n) is 6.38. The van der Waals surface area contributed by atoms with E-state index in [2.05, 4.69) is 29.2 Å². The summed E-state index contributed by atoms with van der Waals surface area (Å²) >= 11 is 0. The van der Waals surface area contributed by atoms with Crippen LogP contribution >= 0.6 is 0 Å². The number of rotatable bonds is 4. The van der Waals surface area contributed by atoms with Crippen molar-refractivity contribution in [2.45, 2.75) is 6.04 Å². The molecule has 1 N–H and O–H groups in total. The topological polar surface area (TPSA) is 36.1 Å². The van der Waals surface area contributed by atoms with Crippen LogP contribution in [-0.2, 0) is 0 Å². The van der Waals surface area contributed by atoms with Gasteiger partial charge in [0.1, 0.15) is 0 Å². The van der Waals surface area contributed by atoms with E-state index in [1.165, 1.54) is 0 Å². The Balaban J connectivity index is 1.83. The van der Waals surface area contributed by atoms with Crippen molar-refractivity contribution in [3.8, 4) is 0 Å². The second-order valence-corrected chi connectivity index (χ2v) is 6.38. The van der Waals surface area contributed by atoms with E-state index in [9.17, 15) is 4.79 Å². The summed E-state index contributed by atoms with van der Waals surface area (Å²) in [4.78, 5) is 18.3. The fourth-order valence-electron chi connectivity index (χ4n) is 3.47. The van der Waals surface area contributed by atoms with Crippen LogP contribution in [0.15, 0.2) is 91.1 Å². The fourth-order valence-corrected chi connectivity index (χ4v) is 3.47. The molecular formula is C23H20N2O. The normalized spacial score (nSPS) is 12.0. The molecule has 1 amide bonds. The van der Waals surface area contributed by atoms with E-state index in [-0.39, 0.29) is 11.9 Å². The van der Waals surface area contributed by atoms with Crippen LogP contribution in [0, 0.1) is 0 Å². The van der Waals surface area contributed by atoms with Gasteiger partial charge in [0.15, 0.2) is 0 Å². The standard InChI is InChI=1S/C23H20N2O/c1-25(23(26)18-12-6-3-7-13-18)22(17-10-4-2-5-11-17)20-16-24-21-15-9-8-14-19(20)21/h2-16,22,24H,1H3/t22-/m0/s1. The third kappa shape index (κ3) is 2.88. The maximum Gasteiger partial charge on any atom is 0.254 e. The fraction of sp³-hybridized carbons (Fsp3) is 0.0870. The summed E-state index contributed by atoms with van der Waals surface area (Å²) < 4.78 is 0. The van der Waals surface area contributed by atoms with Crippen molar-refractivity contribution < 1.29 is 4.79 Å². The predicted molar refractivity (Wildman–Crippen MR) is 105 cm³/mol. The van der Waals surface area contributed by atoms with Crippen LogP contribution in [0.1, 0.15) is 27.5 Å². The number of hydrogen-bond donors (Lipinski definition) is 1. The van der Waals surface area contributed by atoms with Gasteiger partial charge in [-0.25, -0.2) is 0 Å². The maximum absolute atomic E-state index is 13.1. The van der Waals surface area contributed by atoms with Gasteiger partial charge in [-0.3, -0.25) is 4.79 Å². The molecule has 3 nitrogen and oxygen atoms in total. The van der Waals surface area contributed by atoms with Crippen molar-refractivity contribution in [2.24, 2.45) is 0 Å². The van der Waals surface area contributed by atoms with Crippen LogP contribution < -0.4 is 0 Å². The van der Waals surface area contributed by atoms with Crippen molar-refractivity contribution in [3.05, 3.63) is 108 Å². The molecule has 1 heterocycles. The summed E-state index contributed by atoms with van der Waals surface area (Å²) in [5.41, 5.74) is 3.95. The highest BCUT2D eigenvalue weighted by molar-refractivity contribution is 5.95. The molecule has 4 aromatic rings. The SMILES string of the molecule is CN(C(=O)c1ccccc1)[C@@H](c1ccccc1)c1c[nH]c2ccccc12. The lowest BCUT2D eigenvalue weighted by molar-refractivity contribution is 0.0756. The minimum atomic E-state index is -0.167. The van der Waals surface area contributed by atoms with Crippen molar-refractivity contribution in [2.75, 3.05) is 7.05 Å². The van der Waals surface area contributed by atoms with Crippen LogP contribution in [0.3, 0.4) is 0 Å². The molecule has 0 aliphatic heterocycles. The Morgan fingerprint density at radius 2 is 1.46 bits per heavy atom. The molecule has 3 aromatic carbocycles. The second kappa shape index (κ2) is 6.89. The monoisotopic (exact) mass is 340 g/mol. The molecule has 128 valence electrons. The van der Waals surface area contributed by atoms with Gasteiger partial charge in [-0.1, -0.05) is 66.7 Å². The molecule has 1 aromatic heterocycles. The first-order valence-electron chi connectivity index (χ1n) is 8.69. The molecule has 0 bridgehead atoms. The van der Waals surface area contributed by atoms with Crippen molar-refractivity contribution in [1.29, 1.82) is 0 Å². The largest absolute Gasteiger partial charge is 0.361 e. The molecule has 3 heteroatoms. The maximum atomic E-state index is 13.1. The Bertz CT molecular complexity index is 1020. The molecule has 0 unspecified atom stereocenters. The average Bonchev–Trinajstić information content (AvgIpc) is 3.13. The highest BCUT2D eigenvalue weighted by Crippen LogP contribution is 2.33. The van der Waals surface area contributed by atoms with Gasteiger partial charge in [-0.2, -0.15) is 0 Å². The Morgan fingerprint density at radius 3 is 2.19 bits per heavy atom. The smallest absolute Gasteiger partial charge is 0.254 e. The number of aromatic amines is 1. The minimum Gasteiger partial charge on any atom is -0.361 e. The number of carbonyl (C=O) groups is 1. The molecule has 0 radical (unpaired) electrons. The highest BCUT2D eigenvalue weighted by Gasteiger charge is 2.26. The molecule has 0 saturated carbocycles. The summed E-state index contributed by atoms with van der Waals surface area (Å²) in [7, 11) is 1.87. The Hall–Kier alpha value is -3.33. The van der Waals surface area contributed by atoms with Crippen molar-refractivity contribution in [3.63, 3.8) is 0 Å². The Morgan fingerprint density at radius 1 is 0.846 bits per heavy atom. The van der Waals surface area contributed by atoms with E-state index in [1.54, 1.807) is 0 Å². The summed E-state index contributed by atoms with van der Waals surface area (Å²) in [5, 5.41) is 1.13. The first kappa shape index (κ1) is 16.2. The summed E-state index contributed by atoms with van der Waals surface area (Å²) in [5.74, 6) is 0.00438. The number of amides is 1. The minimum absolute atomic E-state index is 0.00438. The van der Waals surface area contributed by atoms with Crippen LogP contribution in [-0.4, -0.2) is 22.8 Å². The van der Waals surface area contributed by atoms with Gasteiger partial charge in [0.25, 0.3) is 5.91 Å². The number of carbonyl (C=O) groups excluding carboxylic acids is 1. The molecule has 26 heavy (non-hydrogen) atoms. The number of fused-ring (bicyclic) bond motifs is 1. The summed E-state index contributed by atoms with van der Waals surface area (Å²) in [6.07, 6.45) is 2.01. The molecule has 0 fully saturated rings. The molecule has 0 aliphatic rings. The van der Waals surface area contributed by atoms with Crippen LogP contribution in [0.4, 0.5) is 0 Å². The third-order valence-corrected chi connectivity index (χ3v) is 4.76. The first-order chi connectivity index (χ1) is 12.8. The third-order valence-electron chi connectivity index (χ3n) is 4.76. The first-order valence-corrected chi connectivity index (χ1v) is 8.69. The molecular weight excluding hydrogens is 320 g/mol. The Labute approximate surface area is 152 Å². The number of aromatic nitrogens is 1. The van der Waals surface area contributed by atoms with E-state index in [0.717, 1.165) is 22.0 Å². The zero-order valence-corrected chi connectivity index (χ0v) is 14.6. The van der Waals surface area contributed by atoms with Crippen molar-refractivity contribution in [1.82, 2.24) is 9.88 Å². The van der Waals surface area contributed by atoms with E-state index >= 15 is 0 Å². The molecule has 0 spiro atoms. The van der Waals surface area contributed by atoms with E-state index in [4.69, 9.17) is 0 Å². The lowest BCUT2D eigenvalue weighted by Gasteiger charge is -2.29. The molecule has 1 atom stereocenters. The van der Waals surface area contributed by atoms with Gasteiger partial charge < -0.3 is 9.88 Å². The van der Waals surface area contributed by atoms with E-state index < -0.39 is 0 Å². The predicted octanol–water partition coefficient (Wildman–Crippen LogP) is 5.03. The van der Waals surface area contributed by atoms with Crippen LogP contribution in [0.25, 0.3) is 10.9 Å². The number of nitrogens with one attached hydrogen (secondary N) is 1. The Kier molecular flexibility index (Phi) is 4.28. The molecule has 4 rings (SSSR count). The van der Waals surface area contributed by atoms with Crippen LogP contribution in [0.5, 0.6) is 0 Å². The zero-order valence-electron chi connectivity index (χ0n) is 14.6. The number of para-hydroxylation sites is 1. The zero-order chi connectivity index (χ0) is 17.9. The van der Waals surface area contributed by atoms with E-state index in [0.29, 0.717) is 5.56 Å². The number of nitrogens with zero attached hydrogens (tertiary/aromatic N) is 1. The number of hydrogen-bond acceptors (Lipinski definition) is 1. The van der Waals surface area contributed by atoms with Gasteiger partial charge >= 0.3 is 0 Å². The lowest BCUT2D eigenvalue weighted by Crippen LogP contribution is -2.31. The average molecular weight is 340 g/mol. The number of H-pyrrole nitrogens is 1. The van der Waals surface area contributed by atoms with Gasteiger partial charge in [0, 0.05) is 35.3 Å². The van der Waals surface area contributed by atoms with Gasteiger partial charge in [0.05, 0.1) is 6.04 Å². The van der Waals surface area contributed by atoms with Crippen LogP contribution in [0.2, 0.25) is 0 Å². The summed E-state index contributed by atoms with van der Waals surface area (Å²) in [6.45, 7) is 0. The van der Waals surface area contributed by atoms with Gasteiger partial charge in [-0.05, 0) is 23.8 Å².